The van der Waals surface area contributed by atoms with E-state index in [1.807, 2.05) is 17.5 Å². The van der Waals surface area contributed by atoms with Gasteiger partial charge in [-0.2, -0.15) is 0 Å². The molecule has 33 heavy (non-hydrogen) atoms. The zero-order valence-corrected chi connectivity index (χ0v) is 19.8. The summed E-state index contributed by atoms with van der Waals surface area (Å²) in [6.45, 7) is 1.07. The molecule has 2 heterocycles. The Morgan fingerprint density at radius 3 is 2.36 bits per heavy atom. The van der Waals surface area contributed by atoms with Crippen LogP contribution in [0.4, 0.5) is 10.8 Å². The number of nitro groups is 1. The number of thiazole rings is 1. The fraction of sp³-hybridized carbons (Fsp3) is 0.318. The summed E-state index contributed by atoms with van der Waals surface area (Å²) in [5.41, 5.74) is 1.44. The summed E-state index contributed by atoms with van der Waals surface area (Å²) < 4.78 is 36.7. The summed E-state index contributed by atoms with van der Waals surface area (Å²) in [5, 5.41) is 13.2. The van der Waals surface area contributed by atoms with Crippen LogP contribution in [0.15, 0.2) is 52.7 Å². The highest BCUT2D eigenvalue weighted by atomic mass is 32.2. The summed E-state index contributed by atoms with van der Waals surface area (Å²) in [4.78, 5) is 17.2. The minimum atomic E-state index is -3.65. The van der Waals surface area contributed by atoms with Crippen LogP contribution in [-0.4, -0.2) is 50.9 Å². The molecule has 0 bridgehead atoms. The van der Waals surface area contributed by atoms with E-state index < -0.39 is 20.0 Å². The standard InChI is InChI=1S/C22H23N3O6S2/c1-30-17-10-15(11-18(13-17)31-2)21-14-32-22(23-21)24-8-6-19(7-9-24)33(28,29)20-5-3-4-16(12-20)25(26)27/h3-5,10-14,19H,6-9H2,1-2H3. The molecular formula is C22H23N3O6S2. The number of non-ortho nitro benzene ring substituents is 1. The number of rotatable bonds is 7. The number of anilines is 1. The Morgan fingerprint density at radius 2 is 1.76 bits per heavy atom. The molecule has 0 amide bonds. The van der Waals surface area contributed by atoms with E-state index >= 15 is 0 Å². The van der Waals surface area contributed by atoms with Gasteiger partial charge in [-0.15, -0.1) is 11.3 Å². The summed E-state index contributed by atoms with van der Waals surface area (Å²) in [7, 11) is -0.465. The number of nitrogens with zero attached hydrogens (tertiary/aromatic N) is 3. The number of hydrogen-bond donors (Lipinski definition) is 0. The molecule has 1 saturated heterocycles. The Bertz CT molecular complexity index is 1240. The molecular weight excluding hydrogens is 466 g/mol. The second-order valence-corrected chi connectivity index (χ2v) is 10.7. The smallest absolute Gasteiger partial charge is 0.270 e. The Labute approximate surface area is 195 Å². The predicted molar refractivity (Wildman–Crippen MR) is 126 cm³/mol. The van der Waals surface area contributed by atoms with E-state index in [1.165, 1.54) is 29.5 Å². The molecule has 11 heteroatoms. The molecule has 174 valence electrons. The molecule has 0 unspecified atom stereocenters. The lowest BCUT2D eigenvalue weighted by atomic mass is 10.1. The van der Waals surface area contributed by atoms with Gasteiger partial charge in [-0.3, -0.25) is 10.1 Å². The number of nitro benzene ring substituents is 1. The van der Waals surface area contributed by atoms with Crippen molar-refractivity contribution in [1.82, 2.24) is 4.98 Å². The largest absolute Gasteiger partial charge is 0.497 e. The molecule has 2 aromatic carbocycles. The maximum absolute atomic E-state index is 13.0. The number of aromatic nitrogens is 1. The van der Waals surface area contributed by atoms with Crippen LogP contribution in [0.3, 0.4) is 0 Å². The highest BCUT2D eigenvalue weighted by Crippen LogP contribution is 2.34. The van der Waals surface area contributed by atoms with Gasteiger partial charge in [0.25, 0.3) is 5.69 Å². The van der Waals surface area contributed by atoms with Gasteiger partial charge in [0, 0.05) is 42.2 Å². The van der Waals surface area contributed by atoms with E-state index in [9.17, 15) is 18.5 Å². The molecule has 0 saturated carbocycles. The van der Waals surface area contributed by atoms with E-state index in [-0.39, 0.29) is 10.6 Å². The van der Waals surface area contributed by atoms with Crippen LogP contribution in [-0.2, 0) is 9.84 Å². The van der Waals surface area contributed by atoms with E-state index in [4.69, 9.17) is 14.5 Å². The van der Waals surface area contributed by atoms with Gasteiger partial charge in [0.05, 0.1) is 35.0 Å². The van der Waals surface area contributed by atoms with Crippen LogP contribution in [0.1, 0.15) is 12.8 Å². The summed E-state index contributed by atoms with van der Waals surface area (Å²) in [6.07, 6.45) is 0.847. The maximum Gasteiger partial charge on any atom is 0.270 e. The zero-order chi connectivity index (χ0) is 23.6. The van der Waals surface area contributed by atoms with Crippen molar-refractivity contribution in [1.29, 1.82) is 0 Å². The zero-order valence-electron chi connectivity index (χ0n) is 18.1. The lowest BCUT2D eigenvalue weighted by Crippen LogP contribution is -2.39. The van der Waals surface area contributed by atoms with Crippen LogP contribution in [0.25, 0.3) is 11.3 Å². The number of hydrogen-bond acceptors (Lipinski definition) is 9. The first-order valence-electron chi connectivity index (χ1n) is 10.2. The molecule has 3 aromatic rings. The van der Waals surface area contributed by atoms with Crippen molar-refractivity contribution in [2.24, 2.45) is 0 Å². The molecule has 1 aromatic heterocycles. The van der Waals surface area contributed by atoms with Crippen LogP contribution < -0.4 is 14.4 Å². The Balaban J connectivity index is 1.47. The highest BCUT2D eigenvalue weighted by Gasteiger charge is 2.33. The third-order valence-electron chi connectivity index (χ3n) is 5.65. The van der Waals surface area contributed by atoms with Crippen molar-refractivity contribution in [3.05, 3.63) is 58.0 Å². The van der Waals surface area contributed by atoms with Gasteiger partial charge in [0.2, 0.25) is 0 Å². The molecule has 0 N–H and O–H groups in total. The molecule has 0 radical (unpaired) electrons. The average Bonchev–Trinajstić information content (AvgIpc) is 3.34. The monoisotopic (exact) mass is 489 g/mol. The molecule has 0 spiro atoms. The van der Waals surface area contributed by atoms with Crippen LogP contribution >= 0.6 is 11.3 Å². The number of benzene rings is 2. The normalized spacial score (nSPS) is 14.8. The minimum Gasteiger partial charge on any atom is -0.497 e. The van der Waals surface area contributed by atoms with Crippen LogP contribution in [0, 0.1) is 10.1 Å². The predicted octanol–water partition coefficient (Wildman–Crippen LogP) is 4.18. The number of methoxy groups -OCH3 is 2. The Morgan fingerprint density at radius 1 is 1.09 bits per heavy atom. The van der Waals surface area contributed by atoms with Gasteiger partial charge in [0.15, 0.2) is 15.0 Å². The van der Waals surface area contributed by atoms with Crippen molar-refractivity contribution >= 4 is 32.0 Å². The van der Waals surface area contributed by atoms with Crippen molar-refractivity contribution in [3.8, 4) is 22.8 Å². The molecule has 0 aliphatic carbocycles. The topological polar surface area (TPSA) is 112 Å². The van der Waals surface area contributed by atoms with E-state index in [0.717, 1.165) is 22.5 Å². The summed E-state index contributed by atoms with van der Waals surface area (Å²) >= 11 is 1.50. The van der Waals surface area contributed by atoms with Gasteiger partial charge >= 0.3 is 0 Å². The van der Waals surface area contributed by atoms with E-state index in [1.54, 1.807) is 20.3 Å². The van der Waals surface area contributed by atoms with Gasteiger partial charge in [-0.05, 0) is 31.0 Å². The van der Waals surface area contributed by atoms with Crippen LogP contribution in [0.2, 0.25) is 0 Å². The third-order valence-corrected chi connectivity index (χ3v) is 8.81. The van der Waals surface area contributed by atoms with Gasteiger partial charge in [-0.25, -0.2) is 13.4 Å². The summed E-state index contributed by atoms with van der Waals surface area (Å²) in [6, 6.07) is 10.8. The average molecular weight is 490 g/mol. The number of ether oxygens (including phenoxy) is 2. The maximum atomic E-state index is 13.0. The second-order valence-electron chi connectivity index (χ2n) is 7.60. The second kappa shape index (κ2) is 9.36. The SMILES string of the molecule is COc1cc(OC)cc(-c2csc(N3CCC(S(=O)(=O)c4cccc([N+](=O)[O-])c4)CC3)n2)c1. The molecule has 4 rings (SSSR count). The quantitative estimate of drug-likeness (QED) is 0.359. The van der Waals surface area contributed by atoms with Gasteiger partial charge in [-0.1, -0.05) is 6.07 Å². The third kappa shape index (κ3) is 4.79. The first-order chi connectivity index (χ1) is 15.8. The first-order valence-corrected chi connectivity index (χ1v) is 12.7. The minimum absolute atomic E-state index is 0.00124. The molecule has 0 atom stereocenters. The fourth-order valence-corrected chi connectivity index (χ4v) is 6.48. The summed E-state index contributed by atoms with van der Waals surface area (Å²) in [5.74, 6) is 1.34. The lowest BCUT2D eigenvalue weighted by molar-refractivity contribution is -0.385. The molecule has 1 aliphatic heterocycles. The van der Waals surface area contributed by atoms with Crippen LogP contribution in [0.5, 0.6) is 11.5 Å². The fourth-order valence-electron chi connectivity index (χ4n) is 3.82. The van der Waals surface area contributed by atoms with Crippen molar-refractivity contribution < 1.29 is 22.8 Å². The van der Waals surface area contributed by atoms with Gasteiger partial charge < -0.3 is 14.4 Å². The molecule has 9 nitrogen and oxygen atoms in total. The van der Waals surface area contributed by atoms with E-state index in [2.05, 4.69) is 4.90 Å². The van der Waals surface area contributed by atoms with E-state index in [0.29, 0.717) is 37.4 Å². The number of piperidine rings is 1. The van der Waals surface area contributed by atoms with Crippen molar-refractivity contribution in [2.75, 3.05) is 32.2 Å². The molecule has 1 fully saturated rings. The first kappa shape index (κ1) is 23.0. The Hall–Kier alpha value is -3.18. The number of sulfone groups is 1. The van der Waals surface area contributed by atoms with Crippen molar-refractivity contribution in [2.45, 2.75) is 23.0 Å². The molecule has 1 aliphatic rings. The van der Waals surface area contributed by atoms with Gasteiger partial charge in [0.1, 0.15) is 11.5 Å². The lowest BCUT2D eigenvalue weighted by Gasteiger charge is -2.31. The van der Waals surface area contributed by atoms with Crippen molar-refractivity contribution in [3.63, 3.8) is 0 Å². The Kier molecular flexibility index (Phi) is 6.52. The highest BCUT2D eigenvalue weighted by molar-refractivity contribution is 7.92.